The minimum atomic E-state index is -3.61. The number of hydrogen-bond donors (Lipinski definition) is 0. The van der Waals surface area contributed by atoms with Crippen LogP contribution in [0.4, 0.5) is 5.69 Å². The van der Waals surface area contributed by atoms with E-state index < -0.39 is 10.0 Å². The molecule has 4 rings (SSSR count). The van der Waals surface area contributed by atoms with E-state index in [-0.39, 0.29) is 6.04 Å². The zero-order chi connectivity index (χ0) is 22.0. The number of nitrogens with zero attached hydrogens (tertiary/aromatic N) is 5. The SMILES string of the molecule is CS(=O)(=O)N=C1N(I)CC(c2cccc(Oc3cnccn3)c2)N1c1ccc(Cl)cc1. The molecule has 0 bridgehead atoms. The number of rotatable bonds is 5. The average molecular weight is 570 g/mol. The number of aromatic nitrogens is 2. The van der Waals surface area contributed by atoms with Crippen molar-refractivity contribution in [2.24, 2.45) is 4.40 Å². The third kappa shape index (κ3) is 5.25. The van der Waals surface area contributed by atoms with Gasteiger partial charge in [-0.15, -0.1) is 4.40 Å². The maximum Gasteiger partial charge on any atom is 0.253 e. The van der Waals surface area contributed by atoms with E-state index in [9.17, 15) is 8.42 Å². The van der Waals surface area contributed by atoms with Crippen LogP contribution >= 0.6 is 34.5 Å². The summed E-state index contributed by atoms with van der Waals surface area (Å²) in [5.74, 6) is 1.31. The largest absolute Gasteiger partial charge is 0.437 e. The molecule has 2 aromatic carbocycles. The first-order valence-electron chi connectivity index (χ1n) is 9.12. The molecule has 3 aromatic rings. The second-order valence-corrected chi connectivity index (χ2v) is 10.00. The van der Waals surface area contributed by atoms with Crippen LogP contribution in [0.1, 0.15) is 11.6 Å². The third-order valence-corrected chi connectivity index (χ3v) is 6.01. The second kappa shape index (κ2) is 8.97. The highest BCUT2D eigenvalue weighted by molar-refractivity contribution is 14.1. The molecular weight excluding hydrogens is 553 g/mol. The van der Waals surface area contributed by atoms with Gasteiger partial charge >= 0.3 is 0 Å². The third-order valence-electron chi connectivity index (χ3n) is 4.43. The Bertz CT molecular complexity index is 1210. The highest BCUT2D eigenvalue weighted by Gasteiger charge is 2.37. The van der Waals surface area contributed by atoms with Crippen LogP contribution in [0, 0.1) is 0 Å². The fourth-order valence-electron chi connectivity index (χ4n) is 3.20. The topological polar surface area (TPSA) is 88.0 Å². The Morgan fingerprint density at radius 1 is 1.19 bits per heavy atom. The molecule has 1 unspecified atom stereocenters. The van der Waals surface area contributed by atoms with Crippen molar-refractivity contribution in [1.82, 2.24) is 13.1 Å². The Hall–Kier alpha value is -2.44. The zero-order valence-electron chi connectivity index (χ0n) is 16.3. The van der Waals surface area contributed by atoms with Gasteiger partial charge < -0.3 is 9.64 Å². The van der Waals surface area contributed by atoms with Gasteiger partial charge in [-0.3, -0.25) is 8.10 Å². The molecule has 11 heteroatoms. The molecule has 0 spiro atoms. The van der Waals surface area contributed by atoms with Gasteiger partial charge in [0, 0.05) is 23.1 Å². The Balaban J connectivity index is 1.74. The quantitative estimate of drug-likeness (QED) is 0.331. The first-order valence-corrected chi connectivity index (χ1v) is 12.3. The van der Waals surface area contributed by atoms with Crippen LogP contribution in [0.5, 0.6) is 11.6 Å². The van der Waals surface area contributed by atoms with Crippen molar-refractivity contribution >= 4 is 56.1 Å². The standard InChI is InChI=1S/C20H17ClIN5O3S/c1-31(28,29)25-20-26(22)13-18(27(20)16-7-5-15(21)6-8-16)14-3-2-4-17(11-14)30-19-12-23-9-10-24-19/h2-12,18H,13H2,1H3. The van der Waals surface area contributed by atoms with Crippen molar-refractivity contribution < 1.29 is 13.2 Å². The molecule has 1 atom stereocenters. The maximum absolute atomic E-state index is 12.0. The lowest BCUT2D eigenvalue weighted by Gasteiger charge is -2.26. The number of guanidine groups is 1. The van der Waals surface area contributed by atoms with E-state index in [1.807, 2.05) is 41.3 Å². The summed E-state index contributed by atoms with van der Waals surface area (Å²) >= 11 is 8.13. The lowest BCUT2D eigenvalue weighted by Crippen LogP contribution is -2.31. The number of halogens is 2. The Morgan fingerprint density at radius 2 is 1.97 bits per heavy atom. The molecule has 31 heavy (non-hydrogen) atoms. The molecule has 1 fully saturated rings. The van der Waals surface area contributed by atoms with Crippen molar-refractivity contribution in [1.29, 1.82) is 0 Å². The molecule has 0 aliphatic carbocycles. The summed E-state index contributed by atoms with van der Waals surface area (Å²) in [6.45, 7) is 0.520. The first-order chi connectivity index (χ1) is 14.8. The highest BCUT2D eigenvalue weighted by Crippen LogP contribution is 2.38. The minimum Gasteiger partial charge on any atom is -0.437 e. The highest BCUT2D eigenvalue weighted by atomic mass is 127. The molecule has 1 saturated heterocycles. The summed E-state index contributed by atoms with van der Waals surface area (Å²) < 4.78 is 35.5. The normalized spacial score (nSPS) is 17.9. The number of ether oxygens (including phenoxy) is 1. The van der Waals surface area contributed by atoms with Crippen LogP contribution < -0.4 is 9.64 Å². The Kier molecular flexibility index (Phi) is 6.30. The fraction of sp³-hybridized carbons (Fsp3) is 0.150. The van der Waals surface area contributed by atoms with Crippen molar-refractivity contribution in [2.75, 3.05) is 17.7 Å². The maximum atomic E-state index is 12.0. The van der Waals surface area contributed by atoms with Gasteiger partial charge in [0.15, 0.2) is 0 Å². The smallest absolute Gasteiger partial charge is 0.253 e. The summed E-state index contributed by atoms with van der Waals surface area (Å²) in [5.41, 5.74) is 1.70. The van der Waals surface area contributed by atoms with Gasteiger partial charge in [0.25, 0.3) is 10.0 Å². The lowest BCUT2D eigenvalue weighted by atomic mass is 10.1. The van der Waals surface area contributed by atoms with Crippen LogP contribution in [0.2, 0.25) is 5.02 Å². The predicted molar refractivity (Wildman–Crippen MR) is 128 cm³/mol. The van der Waals surface area contributed by atoms with E-state index in [1.165, 1.54) is 6.20 Å². The predicted octanol–water partition coefficient (Wildman–Crippen LogP) is 4.45. The van der Waals surface area contributed by atoms with Gasteiger partial charge in [0.1, 0.15) is 5.75 Å². The van der Waals surface area contributed by atoms with E-state index >= 15 is 0 Å². The molecular formula is C20H17ClIN5O3S. The molecule has 8 nitrogen and oxygen atoms in total. The van der Waals surface area contributed by atoms with Gasteiger partial charge in [-0.05, 0) is 42.0 Å². The summed E-state index contributed by atoms with van der Waals surface area (Å²) in [6, 6.07) is 14.6. The molecule has 0 amide bonds. The van der Waals surface area contributed by atoms with E-state index in [2.05, 4.69) is 37.2 Å². The van der Waals surface area contributed by atoms with Crippen molar-refractivity contribution in [3.63, 3.8) is 0 Å². The number of hydrogen-bond acceptors (Lipinski definition) is 5. The van der Waals surface area contributed by atoms with Gasteiger partial charge in [-0.2, -0.15) is 0 Å². The number of sulfonamides is 1. The molecule has 2 heterocycles. The number of benzene rings is 2. The molecule has 160 valence electrons. The van der Waals surface area contributed by atoms with Crippen LogP contribution in [-0.2, 0) is 10.0 Å². The van der Waals surface area contributed by atoms with Crippen molar-refractivity contribution in [3.05, 3.63) is 77.7 Å². The Labute approximate surface area is 199 Å². The summed E-state index contributed by atoms with van der Waals surface area (Å²) in [6.07, 6.45) is 5.74. The number of anilines is 1. The molecule has 0 radical (unpaired) electrons. The molecule has 0 N–H and O–H groups in total. The van der Waals surface area contributed by atoms with Crippen molar-refractivity contribution in [2.45, 2.75) is 6.04 Å². The van der Waals surface area contributed by atoms with Crippen LogP contribution in [-0.4, -0.2) is 40.3 Å². The fourth-order valence-corrected chi connectivity index (χ4v) is 4.67. The van der Waals surface area contributed by atoms with Gasteiger partial charge in [-0.1, -0.05) is 23.7 Å². The second-order valence-electron chi connectivity index (χ2n) is 6.75. The van der Waals surface area contributed by atoms with Gasteiger partial charge in [-0.25, -0.2) is 13.4 Å². The van der Waals surface area contributed by atoms with E-state index in [1.54, 1.807) is 27.6 Å². The molecule has 1 aliphatic rings. The monoisotopic (exact) mass is 569 g/mol. The van der Waals surface area contributed by atoms with Crippen LogP contribution in [0.15, 0.2) is 71.5 Å². The van der Waals surface area contributed by atoms with Crippen LogP contribution in [0.3, 0.4) is 0 Å². The molecule has 1 aliphatic heterocycles. The zero-order valence-corrected chi connectivity index (χ0v) is 20.0. The average Bonchev–Trinajstić information content (AvgIpc) is 3.04. The Morgan fingerprint density at radius 3 is 2.65 bits per heavy atom. The molecule has 0 saturated carbocycles. The first kappa shape index (κ1) is 21.8. The minimum absolute atomic E-state index is 0.205. The van der Waals surface area contributed by atoms with Crippen molar-refractivity contribution in [3.8, 4) is 11.6 Å². The lowest BCUT2D eigenvalue weighted by molar-refractivity contribution is 0.459. The summed E-state index contributed by atoms with van der Waals surface area (Å²) in [4.78, 5) is 10.0. The van der Waals surface area contributed by atoms with E-state index in [0.29, 0.717) is 29.2 Å². The van der Waals surface area contributed by atoms with Crippen LogP contribution in [0.25, 0.3) is 0 Å². The van der Waals surface area contributed by atoms with Gasteiger partial charge in [0.05, 0.1) is 47.9 Å². The van der Waals surface area contributed by atoms with E-state index in [4.69, 9.17) is 16.3 Å². The molecule has 1 aromatic heterocycles. The summed E-state index contributed by atoms with van der Waals surface area (Å²) in [7, 11) is -3.61. The van der Waals surface area contributed by atoms with E-state index in [0.717, 1.165) is 17.5 Å². The summed E-state index contributed by atoms with van der Waals surface area (Å²) in [5, 5.41) is 0.590. The van der Waals surface area contributed by atoms with Gasteiger partial charge in [0.2, 0.25) is 11.8 Å².